The molecule has 1 amide bonds. The molecule has 0 aromatic heterocycles. The van der Waals surface area contributed by atoms with E-state index in [-0.39, 0.29) is 36.3 Å². The number of hydrogen-bond donors (Lipinski definition) is 2. The van der Waals surface area contributed by atoms with Gasteiger partial charge in [-0.3, -0.25) is 10.2 Å². The van der Waals surface area contributed by atoms with E-state index in [1.54, 1.807) is 48.2 Å². The van der Waals surface area contributed by atoms with Crippen LogP contribution in [-0.4, -0.2) is 49.0 Å². The molecular weight excluding hydrogens is 483 g/mol. The number of benzene rings is 3. The third-order valence-corrected chi connectivity index (χ3v) is 7.43. The molecule has 2 N–H and O–H groups in total. The number of amides is 1. The Kier molecular flexibility index (Phi) is 7.64. The number of carbonyl (C=O) groups is 1. The van der Waals surface area contributed by atoms with Gasteiger partial charge in [-0.2, -0.15) is 4.31 Å². The van der Waals surface area contributed by atoms with Crippen molar-refractivity contribution in [3.05, 3.63) is 71.2 Å². The number of halogens is 2. The number of rotatable bonds is 5. The molecule has 1 heterocycles. The Morgan fingerprint density at radius 1 is 1.03 bits per heavy atom. The van der Waals surface area contributed by atoms with Crippen LogP contribution in [0.5, 0.6) is 0 Å². The van der Waals surface area contributed by atoms with E-state index >= 15 is 0 Å². The summed E-state index contributed by atoms with van der Waals surface area (Å²) in [5.74, 6) is 0.116. The lowest BCUT2D eigenvalue weighted by Crippen LogP contribution is -2.51. The molecular formula is C23H24Cl2N4O3S. The van der Waals surface area contributed by atoms with Crippen molar-refractivity contribution in [2.45, 2.75) is 18.4 Å². The van der Waals surface area contributed by atoms with Gasteiger partial charge in [0.25, 0.3) is 0 Å². The Morgan fingerprint density at radius 2 is 1.70 bits per heavy atom. The van der Waals surface area contributed by atoms with Crippen LogP contribution in [0.3, 0.4) is 0 Å². The smallest absolute Gasteiger partial charge is 0.243 e. The van der Waals surface area contributed by atoms with Gasteiger partial charge in [0, 0.05) is 30.3 Å². The standard InChI is InChI=1S/C23H23ClN4O3S.ClH/c1-16(25)26-21-7-2-17(3-8-21)14-27-10-11-28(15-23(27)29)32(30,31)22-9-5-18-12-20(24)6-4-19(18)13-22;/h2-9,12-13H,10-11,14-15H2,1H3,(H2,25,26);1H. The zero-order valence-electron chi connectivity index (χ0n) is 17.9. The van der Waals surface area contributed by atoms with Gasteiger partial charge in [0.15, 0.2) is 0 Å². The van der Waals surface area contributed by atoms with Gasteiger partial charge in [0.05, 0.1) is 17.3 Å². The quantitative estimate of drug-likeness (QED) is 0.397. The molecule has 3 aromatic rings. The second-order valence-corrected chi connectivity index (χ2v) is 10.1. The zero-order chi connectivity index (χ0) is 22.9. The minimum absolute atomic E-state index is 0. The number of hydrogen-bond acceptors (Lipinski definition) is 4. The van der Waals surface area contributed by atoms with Crippen molar-refractivity contribution in [2.24, 2.45) is 0 Å². The van der Waals surface area contributed by atoms with Gasteiger partial charge < -0.3 is 10.2 Å². The van der Waals surface area contributed by atoms with Crippen LogP contribution in [-0.2, 0) is 21.4 Å². The fourth-order valence-electron chi connectivity index (χ4n) is 3.69. The minimum atomic E-state index is -3.79. The molecule has 4 rings (SSSR count). The molecule has 0 bridgehead atoms. The molecule has 0 radical (unpaired) electrons. The minimum Gasteiger partial charge on any atom is -0.344 e. The summed E-state index contributed by atoms with van der Waals surface area (Å²) in [6, 6.07) is 17.7. The van der Waals surface area contributed by atoms with E-state index in [4.69, 9.17) is 17.0 Å². The first-order valence-electron chi connectivity index (χ1n) is 10.1. The van der Waals surface area contributed by atoms with E-state index in [1.807, 2.05) is 24.3 Å². The van der Waals surface area contributed by atoms with Gasteiger partial charge in [-0.05, 0) is 59.7 Å². The summed E-state index contributed by atoms with van der Waals surface area (Å²) in [4.78, 5) is 14.5. The highest BCUT2D eigenvalue weighted by Gasteiger charge is 2.32. The van der Waals surface area contributed by atoms with E-state index in [1.165, 1.54) is 4.31 Å². The van der Waals surface area contributed by atoms with Gasteiger partial charge >= 0.3 is 0 Å². The average molecular weight is 507 g/mol. The molecule has 1 fully saturated rings. The van der Waals surface area contributed by atoms with Crippen molar-refractivity contribution >= 4 is 62.2 Å². The van der Waals surface area contributed by atoms with E-state index in [9.17, 15) is 13.2 Å². The second-order valence-electron chi connectivity index (χ2n) is 7.75. The summed E-state index contributed by atoms with van der Waals surface area (Å²) in [6.45, 7) is 2.44. The maximum atomic E-state index is 13.1. The van der Waals surface area contributed by atoms with Crippen molar-refractivity contribution in [1.82, 2.24) is 9.21 Å². The topological polar surface area (TPSA) is 93.6 Å². The Balaban J connectivity index is 0.00000306. The van der Waals surface area contributed by atoms with Gasteiger partial charge in [-0.25, -0.2) is 8.42 Å². The fourth-order valence-corrected chi connectivity index (χ4v) is 5.29. The number of carbonyl (C=O) groups excluding carboxylic acids is 1. The highest BCUT2D eigenvalue weighted by Crippen LogP contribution is 2.25. The summed E-state index contributed by atoms with van der Waals surface area (Å²) in [7, 11) is -3.79. The summed E-state index contributed by atoms with van der Waals surface area (Å²) >= 11 is 6.01. The molecule has 1 saturated heterocycles. The monoisotopic (exact) mass is 506 g/mol. The molecule has 7 nitrogen and oxygen atoms in total. The first-order valence-corrected chi connectivity index (χ1v) is 11.9. The lowest BCUT2D eigenvalue weighted by molar-refractivity contribution is -0.134. The van der Waals surface area contributed by atoms with Crippen LogP contribution in [0.2, 0.25) is 5.02 Å². The Morgan fingerprint density at radius 3 is 2.36 bits per heavy atom. The maximum Gasteiger partial charge on any atom is 0.243 e. The molecule has 10 heteroatoms. The molecule has 3 aromatic carbocycles. The number of nitrogens with one attached hydrogen (secondary N) is 2. The van der Waals surface area contributed by atoms with Crippen LogP contribution in [0.4, 0.5) is 5.69 Å². The Hall–Kier alpha value is -2.65. The predicted molar refractivity (Wildman–Crippen MR) is 134 cm³/mol. The van der Waals surface area contributed by atoms with E-state index < -0.39 is 10.0 Å². The predicted octanol–water partition coefficient (Wildman–Crippen LogP) is 4.36. The molecule has 0 spiro atoms. The van der Waals surface area contributed by atoms with Crippen molar-refractivity contribution in [3.8, 4) is 0 Å². The number of piperazine rings is 1. The summed E-state index contributed by atoms with van der Waals surface area (Å²) in [6.07, 6.45) is 0. The lowest BCUT2D eigenvalue weighted by atomic mass is 10.1. The first kappa shape index (κ1) is 25.0. The molecule has 0 unspecified atom stereocenters. The van der Waals surface area contributed by atoms with Crippen molar-refractivity contribution in [2.75, 3.05) is 25.0 Å². The number of fused-ring (bicyclic) bond motifs is 1. The average Bonchev–Trinajstić information content (AvgIpc) is 2.75. The first-order chi connectivity index (χ1) is 15.2. The Bertz CT molecular complexity index is 1300. The molecule has 1 aliphatic rings. The normalized spacial score (nSPS) is 14.7. The van der Waals surface area contributed by atoms with Crippen LogP contribution in [0.15, 0.2) is 65.6 Å². The summed E-state index contributed by atoms with van der Waals surface area (Å²) in [5, 5.41) is 12.6. The molecule has 1 aliphatic heterocycles. The van der Waals surface area contributed by atoms with Crippen molar-refractivity contribution in [1.29, 1.82) is 5.41 Å². The number of amidine groups is 1. The van der Waals surface area contributed by atoms with Crippen molar-refractivity contribution in [3.63, 3.8) is 0 Å². The lowest BCUT2D eigenvalue weighted by Gasteiger charge is -2.33. The largest absolute Gasteiger partial charge is 0.344 e. The summed E-state index contributed by atoms with van der Waals surface area (Å²) in [5.41, 5.74) is 1.75. The number of anilines is 1. The van der Waals surface area contributed by atoms with E-state index in [0.717, 1.165) is 22.0 Å². The van der Waals surface area contributed by atoms with Crippen LogP contribution >= 0.6 is 24.0 Å². The third-order valence-electron chi connectivity index (χ3n) is 5.35. The number of sulfonamides is 1. The van der Waals surface area contributed by atoms with Crippen LogP contribution in [0.1, 0.15) is 12.5 Å². The fraction of sp³-hybridized carbons (Fsp3) is 0.217. The van der Waals surface area contributed by atoms with Crippen LogP contribution < -0.4 is 5.32 Å². The summed E-state index contributed by atoms with van der Waals surface area (Å²) < 4.78 is 27.5. The van der Waals surface area contributed by atoms with E-state index in [2.05, 4.69) is 5.32 Å². The van der Waals surface area contributed by atoms with Gasteiger partial charge in [-0.1, -0.05) is 35.9 Å². The van der Waals surface area contributed by atoms with Crippen LogP contribution in [0.25, 0.3) is 10.8 Å². The SMILES string of the molecule is CC(=N)Nc1ccc(CN2CCN(S(=O)(=O)c3ccc4cc(Cl)ccc4c3)CC2=O)cc1.Cl. The molecule has 0 atom stereocenters. The highest BCUT2D eigenvalue weighted by atomic mass is 35.5. The maximum absolute atomic E-state index is 13.1. The van der Waals surface area contributed by atoms with E-state index in [0.29, 0.717) is 23.9 Å². The second kappa shape index (κ2) is 10.1. The van der Waals surface area contributed by atoms with Gasteiger partial charge in [0.2, 0.25) is 15.9 Å². The van der Waals surface area contributed by atoms with Crippen LogP contribution in [0, 0.1) is 5.41 Å². The van der Waals surface area contributed by atoms with Gasteiger partial charge in [0.1, 0.15) is 0 Å². The molecule has 33 heavy (non-hydrogen) atoms. The third kappa shape index (κ3) is 5.65. The molecule has 174 valence electrons. The zero-order valence-corrected chi connectivity index (χ0v) is 20.3. The highest BCUT2D eigenvalue weighted by molar-refractivity contribution is 7.89. The Labute approximate surface area is 204 Å². The van der Waals surface area contributed by atoms with Crippen molar-refractivity contribution < 1.29 is 13.2 Å². The molecule has 0 saturated carbocycles. The number of nitrogens with zero attached hydrogens (tertiary/aromatic N) is 2. The van der Waals surface area contributed by atoms with Gasteiger partial charge in [-0.15, -0.1) is 12.4 Å². The molecule has 0 aliphatic carbocycles.